The topological polar surface area (TPSA) is 32.6 Å². The second-order valence-electron chi connectivity index (χ2n) is 4.85. The van der Waals surface area contributed by atoms with E-state index in [0.717, 1.165) is 36.0 Å². The number of anilines is 1. The number of imidazole rings is 1. The maximum absolute atomic E-state index is 4.83. The quantitative estimate of drug-likeness (QED) is 0.812. The lowest BCUT2D eigenvalue weighted by atomic mass is 10.2. The minimum atomic E-state index is 0.537. The van der Waals surface area contributed by atoms with Crippen LogP contribution in [0.1, 0.15) is 26.0 Å². The molecule has 0 saturated heterocycles. The number of thioether (sulfide) groups is 1. The molecule has 0 fully saturated rings. The smallest absolute Gasteiger partial charge is 0.195 e. The van der Waals surface area contributed by atoms with E-state index in [4.69, 9.17) is 4.98 Å². The van der Waals surface area contributed by atoms with E-state index in [1.807, 2.05) is 11.8 Å². The molecule has 0 aliphatic heterocycles. The largest absolute Gasteiger partial charge is 0.354 e. The molecule has 2 aromatic heterocycles. The van der Waals surface area contributed by atoms with Gasteiger partial charge in [0.05, 0.1) is 5.69 Å². The summed E-state index contributed by atoms with van der Waals surface area (Å²) in [4.78, 5) is 8.27. The highest BCUT2D eigenvalue weighted by molar-refractivity contribution is 7.98. The Kier molecular flexibility index (Phi) is 5.74. The maximum atomic E-state index is 4.83. The van der Waals surface area contributed by atoms with E-state index in [9.17, 15) is 0 Å². The van der Waals surface area contributed by atoms with E-state index in [2.05, 4.69) is 53.3 Å². The lowest BCUT2D eigenvalue weighted by molar-refractivity contribution is 0.653. The molecule has 2 heterocycles. The molecule has 112 valence electrons. The highest BCUT2D eigenvalue weighted by Crippen LogP contribution is 2.26. The SMILES string of the molecule is CCNCc1c(N(C)C(CC)CSC)nc2sccn12. The van der Waals surface area contributed by atoms with Gasteiger partial charge in [0.25, 0.3) is 0 Å². The van der Waals surface area contributed by atoms with E-state index in [-0.39, 0.29) is 0 Å². The van der Waals surface area contributed by atoms with Gasteiger partial charge in [0.15, 0.2) is 10.8 Å². The van der Waals surface area contributed by atoms with Crippen LogP contribution in [0.3, 0.4) is 0 Å². The van der Waals surface area contributed by atoms with Gasteiger partial charge in [0.2, 0.25) is 0 Å². The fraction of sp³-hybridized carbons (Fsp3) is 0.643. The third-order valence-electron chi connectivity index (χ3n) is 3.59. The molecule has 1 unspecified atom stereocenters. The second-order valence-corrected chi connectivity index (χ2v) is 6.63. The molecule has 2 aromatic rings. The summed E-state index contributed by atoms with van der Waals surface area (Å²) in [7, 11) is 2.17. The Balaban J connectivity index is 2.33. The molecule has 0 aliphatic rings. The highest BCUT2D eigenvalue weighted by atomic mass is 32.2. The van der Waals surface area contributed by atoms with E-state index in [0.29, 0.717) is 6.04 Å². The molecule has 1 atom stereocenters. The van der Waals surface area contributed by atoms with Crippen LogP contribution >= 0.6 is 23.1 Å². The third kappa shape index (κ3) is 3.13. The van der Waals surface area contributed by atoms with Crippen LogP contribution in [0.15, 0.2) is 11.6 Å². The Labute approximate surface area is 129 Å². The maximum Gasteiger partial charge on any atom is 0.195 e. The number of hydrogen-bond acceptors (Lipinski definition) is 5. The Hall–Kier alpha value is -0.720. The van der Waals surface area contributed by atoms with Gasteiger partial charge in [-0.3, -0.25) is 4.40 Å². The molecule has 20 heavy (non-hydrogen) atoms. The van der Waals surface area contributed by atoms with Gasteiger partial charge in [0, 0.05) is 37.0 Å². The van der Waals surface area contributed by atoms with E-state index < -0.39 is 0 Å². The van der Waals surface area contributed by atoms with Gasteiger partial charge in [-0.15, -0.1) is 11.3 Å². The van der Waals surface area contributed by atoms with Crippen molar-refractivity contribution in [2.45, 2.75) is 32.9 Å². The number of thiazole rings is 1. The number of nitrogens with one attached hydrogen (secondary N) is 1. The van der Waals surface area contributed by atoms with Crippen molar-refractivity contribution in [1.82, 2.24) is 14.7 Å². The molecule has 0 radical (unpaired) electrons. The van der Waals surface area contributed by atoms with E-state index in [1.54, 1.807) is 11.3 Å². The number of rotatable bonds is 8. The minimum absolute atomic E-state index is 0.537. The van der Waals surface area contributed by atoms with Gasteiger partial charge in [-0.2, -0.15) is 11.8 Å². The molecule has 0 amide bonds. The van der Waals surface area contributed by atoms with Gasteiger partial charge >= 0.3 is 0 Å². The van der Waals surface area contributed by atoms with Crippen molar-refractivity contribution in [3.8, 4) is 0 Å². The van der Waals surface area contributed by atoms with Crippen molar-refractivity contribution in [1.29, 1.82) is 0 Å². The van der Waals surface area contributed by atoms with Crippen molar-refractivity contribution >= 4 is 33.9 Å². The lowest BCUT2D eigenvalue weighted by Gasteiger charge is -2.27. The average molecular weight is 313 g/mol. The summed E-state index contributed by atoms with van der Waals surface area (Å²) in [6.07, 6.45) is 5.43. The predicted octanol–water partition coefficient (Wildman–Crippen LogP) is 3.08. The monoisotopic (exact) mass is 312 g/mol. The first-order valence-corrected chi connectivity index (χ1v) is 9.37. The zero-order valence-electron chi connectivity index (χ0n) is 12.7. The molecule has 4 nitrogen and oxygen atoms in total. The fourth-order valence-electron chi connectivity index (χ4n) is 2.38. The first-order chi connectivity index (χ1) is 9.72. The Morgan fingerprint density at radius 2 is 2.30 bits per heavy atom. The molecule has 2 rings (SSSR count). The number of nitrogens with zero attached hydrogens (tertiary/aromatic N) is 3. The summed E-state index contributed by atoms with van der Waals surface area (Å²) in [6.45, 7) is 6.23. The normalized spacial score (nSPS) is 13.0. The van der Waals surface area contributed by atoms with Crippen molar-refractivity contribution < 1.29 is 0 Å². The third-order valence-corrected chi connectivity index (χ3v) is 5.07. The van der Waals surface area contributed by atoms with Crippen LogP contribution in [0, 0.1) is 0 Å². The molecule has 1 N–H and O–H groups in total. The molecule has 0 aliphatic carbocycles. The summed E-state index contributed by atoms with van der Waals surface area (Å²) >= 11 is 3.60. The van der Waals surface area contributed by atoms with Crippen molar-refractivity contribution in [3.63, 3.8) is 0 Å². The highest BCUT2D eigenvalue weighted by Gasteiger charge is 2.21. The van der Waals surface area contributed by atoms with Gasteiger partial charge in [-0.25, -0.2) is 4.98 Å². The predicted molar refractivity (Wildman–Crippen MR) is 91.3 cm³/mol. The molecule has 0 spiro atoms. The first kappa shape index (κ1) is 15.7. The summed E-state index contributed by atoms with van der Waals surface area (Å²) in [5.74, 6) is 2.26. The first-order valence-electron chi connectivity index (χ1n) is 7.09. The number of fused-ring (bicyclic) bond motifs is 1. The molecular weight excluding hydrogens is 288 g/mol. The van der Waals surface area contributed by atoms with Gasteiger partial charge in [-0.05, 0) is 19.2 Å². The molecule has 6 heteroatoms. The zero-order chi connectivity index (χ0) is 14.5. The Morgan fingerprint density at radius 3 is 2.95 bits per heavy atom. The van der Waals surface area contributed by atoms with Gasteiger partial charge in [0.1, 0.15) is 0 Å². The van der Waals surface area contributed by atoms with Gasteiger partial charge in [-0.1, -0.05) is 13.8 Å². The standard InChI is InChI=1S/C14H24N4S2/c1-5-11(10-19-4)17(3)13-12(9-15-6-2)18-7-8-20-14(18)16-13/h7-8,11,15H,5-6,9-10H2,1-4H3. The molecular formula is C14H24N4S2. The Morgan fingerprint density at radius 1 is 1.50 bits per heavy atom. The molecule has 0 bridgehead atoms. The van der Waals surface area contributed by atoms with E-state index >= 15 is 0 Å². The summed E-state index contributed by atoms with van der Waals surface area (Å²) in [6, 6.07) is 0.537. The number of aromatic nitrogens is 2. The van der Waals surface area contributed by atoms with Crippen LogP contribution < -0.4 is 10.2 Å². The average Bonchev–Trinajstić information content (AvgIpc) is 3.02. The fourth-order valence-corrected chi connectivity index (χ4v) is 3.95. The molecule has 0 aromatic carbocycles. The van der Waals surface area contributed by atoms with Crippen LogP contribution in [0.2, 0.25) is 0 Å². The van der Waals surface area contributed by atoms with Crippen molar-refractivity contribution in [2.75, 3.05) is 30.5 Å². The second kappa shape index (κ2) is 7.33. The van der Waals surface area contributed by atoms with Crippen molar-refractivity contribution in [3.05, 3.63) is 17.3 Å². The minimum Gasteiger partial charge on any atom is -0.354 e. The molecule has 0 saturated carbocycles. The number of hydrogen-bond donors (Lipinski definition) is 1. The summed E-state index contributed by atoms with van der Waals surface area (Å²) < 4.78 is 2.21. The zero-order valence-corrected chi connectivity index (χ0v) is 14.4. The Bertz CT molecular complexity index is 534. The van der Waals surface area contributed by atoms with Crippen LogP contribution in [-0.2, 0) is 6.54 Å². The van der Waals surface area contributed by atoms with Crippen LogP contribution in [0.5, 0.6) is 0 Å². The summed E-state index contributed by atoms with van der Waals surface area (Å²) in [5, 5.41) is 5.53. The van der Waals surface area contributed by atoms with Crippen molar-refractivity contribution in [2.24, 2.45) is 0 Å². The lowest BCUT2D eigenvalue weighted by Crippen LogP contribution is -2.34. The van der Waals surface area contributed by atoms with Crippen LogP contribution in [-0.4, -0.2) is 41.0 Å². The van der Waals surface area contributed by atoms with E-state index in [1.165, 1.54) is 5.69 Å². The van der Waals surface area contributed by atoms with Gasteiger partial charge < -0.3 is 10.2 Å². The van der Waals surface area contributed by atoms with Crippen LogP contribution in [0.4, 0.5) is 5.82 Å². The van der Waals surface area contributed by atoms with Crippen LogP contribution in [0.25, 0.3) is 4.96 Å². The summed E-state index contributed by atoms with van der Waals surface area (Å²) in [5.41, 5.74) is 1.27.